The molecule has 2 aromatic rings. The molecule has 1 aromatic heterocycles. The number of carbonyl (C=O) groups excluding carboxylic acids is 1. The number of anilines is 1. The molecular formula is C13H15ClN4O. The third kappa shape index (κ3) is 2.31. The van der Waals surface area contributed by atoms with Gasteiger partial charge in [0, 0.05) is 5.92 Å². The van der Waals surface area contributed by atoms with Gasteiger partial charge in [0.15, 0.2) is 0 Å². The average Bonchev–Trinajstić information content (AvgIpc) is 2.70. The van der Waals surface area contributed by atoms with Crippen molar-refractivity contribution in [3.63, 3.8) is 0 Å². The Morgan fingerprint density at radius 1 is 1.53 bits per heavy atom. The van der Waals surface area contributed by atoms with Crippen LogP contribution in [0.4, 0.5) is 5.95 Å². The number of rotatable bonds is 3. The first kappa shape index (κ1) is 12.4. The summed E-state index contributed by atoms with van der Waals surface area (Å²) in [6.45, 7) is 3.75. The van der Waals surface area contributed by atoms with Crippen molar-refractivity contribution in [3.05, 3.63) is 23.2 Å². The number of nitrogens with zero attached hydrogens (tertiary/aromatic N) is 1. The number of aromatic amines is 1. The second kappa shape index (κ2) is 4.83. The Morgan fingerprint density at radius 3 is 2.95 bits per heavy atom. The minimum atomic E-state index is -0.0232. The van der Waals surface area contributed by atoms with Gasteiger partial charge in [-0.1, -0.05) is 24.6 Å². The lowest BCUT2D eigenvalue weighted by Gasteiger charge is -2.31. The normalized spacial score (nSPS) is 17.2. The van der Waals surface area contributed by atoms with Gasteiger partial charge in [-0.05, 0) is 31.1 Å². The van der Waals surface area contributed by atoms with Crippen molar-refractivity contribution in [2.24, 2.45) is 11.8 Å². The lowest BCUT2D eigenvalue weighted by atomic mass is 9.88. The monoisotopic (exact) mass is 278 g/mol. The Balaban J connectivity index is 1.77. The number of aromatic nitrogens is 2. The second-order valence-electron chi connectivity index (χ2n) is 4.92. The summed E-state index contributed by atoms with van der Waals surface area (Å²) in [6, 6.07) is 5.50. The molecule has 1 unspecified atom stereocenters. The van der Waals surface area contributed by atoms with Crippen LogP contribution in [0.15, 0.2) is 18.2 Å². The summed E-state index contributed by atoms with van der Waals surface area (Å²) in [5.74, 6) is 0.826. The molecule has 1 aromatic carbocycles. The number of amides is 1. The molecule has 6 heteroatoms. The van der Waals surface area contributed by atoms with E-state index in [1.165, 1.54) is 0 Å². The summed E-state index contributed by atoms with van der Waals surface area (Å²) in [7, 11) is 0. The van der Waals surface area contributed by atoms with Gasteiger partial charge in [-0.25, -0.2) is 4.98 Å². The highest BCUT2D eigenvalue weighted by molar-refractivity contribution is 6.35. The Bertz CT molecular complexity index is 620. The van der Waals surface area contributed by atoms with Crippen molar-refractivity contribution in [2.45, 2.75) is 6.92 Å². The van der Waals surface area contributed by atoms with Crippen LogP contribution in [-0.2, 0) is 4.79 Å². The van der Waals surface area contributed by atoms with Crippen molar-refractivity contribution in [2.75, 3.05) is 18.4 Å². The Hall–Kier alpha value is -1.59. The number of hydrogen-bond acceptors (Lipinski definition) is 3. The molecule has 1 aliphatic heterocycles. The average molecular weight is 279 g/mol. The number of fused-ring (bicyclic) bond motifs is 1. The summed E-state index contributed by atoms with van der Waals surface area (Å²) >= 11 is 6.05. The highest BCUT2D eigenvalue weighted by Crippen LogP contribution is 2.23. The van der Waals surface area contributed by atoms with E-state index < -0.39 is 0 Å². The van der Waals surface area contributed by atoms with Gasteiger partial charge in [0.1, 0.15) is 5.52 Å². The summed E-state index contributed by atoms with van der Waals surface area (Å²) in [4.78, 5) is 19.4. The molecule has 1 saturated heterocycles. The van der Waals surface area contributed by atoms with Crippen LogP contribution < -0.4 is 10.6 Å². The molecule has 0 spiro atoms. The molecule has 0 bridgehead atoms. The van der Waals surface area contributed by atoms with Crippen molar-refractivity contribution >= 4 is 34.5 Å². The fourth-order valence-corrected chi connectivity index (χ4v) is 2.38. The van der Waals surface area contributed by atoms with Crippen molar-refractivity contribution in [1.29, 1.82) is 0 Å². The molecule has 5 nitrogen and oxygen atoms in total. The fourth-order valence-electron chi connectivity index (χ4n) is 2.17. The van der Waals surface area contributed by atoms with E-state index in [0.717, 1.165) is 18.6 Å². The van der Waals surface area contributed by atoms with E-state index in [4.69, 9.17) is 11.6 Å². The van der Waals surface area contributed by atoms with Gasteiger partial charge >= 0.3 is 0 Å². The first-order valence-corrected chi connectivity index (χ1v) is 6.69. The molecule has 2 heterocycles. The largest absolute Gasteiger partial charge is 0.324 e. The number of nitrogens with one attached hydrogen (secondary N) is 3. The van der Waals surface area contributed by atoms with E-state index >= 15 is 0 Å². The molecule has 1 atom stereocenters. The van der Waals surface area contributed by atoms with E-state index in [1.54, 1.807) is 6.07 Å². The number of H-pyrrole nitrogens is 1. The zero-order valence-corrected chi connectivity index (χ0v) is 11.3. The van der Waals surface area contributed by atoms with E-state index in [-0.39, 0.29) is 11.8 Å². The SMILES string of the molecule is CC(C(=O)Nc1nc2c(Cl)cccc2[nH]1)C1CNC1. The highest BCUT2D eigenvalue weighted by atomic mass is 35.5. The topological polar surface area (TPSA) is 69.8 Å². The van der Waals surface area contributed by atoms with Crippen LogP contribution >= 0.6 is 11.6 Å². The molecule has 0 saturated carbocycles. The number of hydrogen-bond donors (Lipinski definition) is 3. The first-order chi connectivity index (χ1) is 9.15. The fraction of sp³-hybridized carbons (Fsp3) is 0.385. The molecule has 0 radical (unpaired) electrons. The van der Waals surface area contributed by atoms with Gasteiger partial charge in [-0.3, -0.25) is 10.1 Å². The molecule has 100 valence electrons. The predicted octanol–water partition coefficient (Wildman–Crippen LogP) is 2.01. The van der Waals surface area contributed by atoms with Crippen molar-refractivity contribution in [1.82, 2.24) is 15.3 Å². The summed E-state index contributed by atoms with van der Waals surface area (Å²) in [6.07, 6.45) is 0. The minimum Gasteiger partial charge on any atom is -0.324 e. The predicted molar refractivity (Wildman–Crippen MR) is 75.3 cm³/mol. The smallest absolute Gasteiger partial charge is 0.229 e. The molecule has 1 amide bonds. The quantitative estimate of drug-likeness (QED) is 0.804. The van der Waals surface area contributed by atoms with Crippen molar-refractivity contribution in [3.8, 4) is 0 Å². The molecule has 0 aliphatic carbocycles. The molecule has 3 N–H and O–H groups in total. The van der Waals surface area contributed by atoms with Crippen LogP contribution in [0.1, 0.15) is 6.92 Å². The Morgan fingerprint density at radius 2 is 2.32 bits per heavy atom. The zero-order valence-electron chi connectivity index (χ0n) is 10.5. The lowest BCUT2D eigenvalue weighted by molar-refractivity contribution is -0.121. The maximum atomic E-state index is 12.1. The van der Waals surface area contributed by atoms with Crippen LogP contribution in [0.2, 0.25) is 5.02 Å². The van der Waals surface area contributed by atoms with Crippen molar-refractivity contribution < 1.29 is 4.79 Å². The standard InChI is InChI=1S/C13H15ClN4O/c1-7(8-5-15-6-8)12(19)18-13-16-10-4-2-3-9(14)11(10)17-13/h2-4,7-8,15H,5-6H2,1H3,(H2,16,17,18,19). The van der Waals surface area contributed by atoms with E-state index in [0.29, 0.717) is 22.4 Å². The third-order valence-electron chi connectivity index (χ3n) is 3.64. The first-order valence-electron chi connectivity index (χ1n) is 6.31. The van der Waals surface area contributed by atoms with Crippen LogP contribution in [0.25, 0.3) is 11.0 Å². The highest BCUT2D eigenvalue weighted by Gasteiger charge is 2.29. The van der Waals surface area contributed by atoms with Gasteiger partial charge in [0.25, 0.3) is 0 Å². The summed E-state index contributed by atoms with van der Waals surface area (Å²) in [5.41, 5.74) is 1.50. The van der Waals surface area contributed by atoms with Gasteiger partial charge in [0.2, 0.25) is 11.9 Å². The van der Waals surface area contributed by atoms with Crippen LogP contribution in [0, 0.1) is 11.8 Å². The number of benzene rings is 1. The van der Waals surface area contributed by atoms with Crippen LogP contribution in [-0.4, -0.2) is 29.0 Å². The van der Waals surface area contributed by atoms with E-state index in [1.807, 2.05) is 19.1 Å². The summed E-state index contributed by atoms with van der Waals surface area (Å²) < 4.78 is 0. The molecular weight excluding hydrogens is 264 g/mol. The number of halogens is 1. The molecule has 1 fully saturated rings. The van der Waals surface area contributed by atoms with E-state index in [2.05, 4.69) is 20.6 Å². The third-order valence-corrected chi connectivity index (χ3v) is 3.94. The zero-order chi connectivity index (χ0) is 13.4. The number of imidazole rings is 1. The Kier molecular flexibility index (Phi) is 3.16. The van der Waals surface area contributed by atoms with Gasteiger partial charge in [0.05, 0.1) is 10.5 Å². The van der Waals surface area contributed by atoms with Gasteiger partial charge < -0.3 is 10.3 Å². The number of para-hydroxylation sites is 1. The van der Waals surface area contributed by atoms with E-state index in [9.17, 15) is 4.79 Å². The Labute approximate surface area is 115 Å². The van der Waals surface area contributed by atoms with Gasteiger partial charge in [-0.15, -0.1) is 0 Å². The second-order valence-corrected chi connectivity index (χ2v) is 5.32. The molecule has 19 heavy (non-hydrogen) atoms. The minimum absolute atomic E-state index is 0.0123. The van der Waals surface area contributed by atoms with Crippen LogP contribution in [0.3, 0.4) is 0 Å². The maximum absolute atomic E-state index is 12.1. The maximum Gasteiger partial charge on any atom is 0.229 e. The lowest BCUT2D eigenvalue weighted by Crippen LogP contribution is -2.48. The molecule has 3 rings (SSSR count). The summed E-state index contributed by atoms with van der Waals surface area (Å²) in [5, 5.41) is 6.56. The van der Waals surface area contributed by atoms with Crippen LogP contribution in [0.5, 0.6) is 0 Å². The number of carbonyl (C=O) groups is 1. The van der Waals surface area contributed by atoms with Gasteiger partial charge in [-0.2, -0.15) is 0 Å². The molecule has 1 aliphatic rings.